The van der Waals surface area contributed by atoms with Crippen LogP contribution in [0.2, 0.25) is 0 Å². The van der Waals surface area contributed by atoms with Gasteiger partial charge in [-0.15, -0.1) is 0 Å². The molecule has 0 aromatic rings. The van der Waals surface area contributed by atoms with Crippen LogP contribution in [0.5, 0.6) is 0 Å². The van der Waals surface area contributed by atoms with Gasteiger partial charge in [-0.2, -0.15) is 0 Å². The standard InChI is InChI=1S/C15H28N2O3/c1-10(2)8-12(13(18)19)17-14(20)16-11-6-5-7-15(3,4)9-11/h10-12H,5-9H2,1-4H3,(H,18,19)(H2,16,17,20)/t11?,12-/m1/s1. The lowest BCUT2D eigenvalue weighted by Crippen LogP contribution is -2.50. The Morgan fingerprint density at radius 1 is 1.35 bits per heavy atom. The fourth-order valence-corrected chi connectivity index (χ4v) is 2.90. The molecule has 1 fully saturated rings. The smallest absolute Gasteiger partial charge is 0.326 e. The zero-order chi connectivity index (χ0) is 15.3. The van der Waals surface area contributed by atoms with Gasteiger partial charge in [0.05, 0.1) is 0 Å². The van der Waals surface area contributed by atoms with Crippen LogP contribution in [0, 0.1) is 11.3 Å². The topological polar surface area (TPSA) is 78.4 Å². The average molecular weight is 284 g/mol. The Morgan fingerprint density at radius 2 is 2.00 bits per heavy atom. The lowest BCUT2D eigenvalue weighted by molar-refractivity contribution is -0.139. The number of urea groups is 1. The van der Waals surface area contributed by atoms with Gasteiger partial charge in [0, 0.05) is 6.04 Å². The van der Waals surface area contributed by atoms with Gasteiger partial charge in [0.15, 0.2) is 0 Å². The van der Waals surface area contributed by atoms with Gasteiger partial charge in [0.25, 0.3) is 0 Å². The number of carbonyl (C=O) groups excluding carboxylic acids is 1. The molecule has 0 aromatic carbocycles. The summed E-state index contributed by atoms with van der Waals surface area (Å²) in [6, 6.07) is -1.03. The molecule has 0 radical (unpaired) electrons. The summed E-state index contributed by atoms with van der Waals surface area (Å²) < 4.78 is 0. The fourth-order valence-electron chi connectivity index (χ4n) is 2.90. The number of amides is 2. The van der Waals surface area contributed by atoms with Crippen molar-refractivity contribution >= 4 is 12.0 Å². The lowest BCUT2D eigenvalue weighted by atomic mass is 9.75. The van der Waals surface area contributed by atoms with Crippen LogP contribution in [-0.4, -0.2) is 29.2 Å². The van der Waals surface area contributed by atoms with Crippen molar-refractivity contribution in [1.82, 2.24) is 10.6 Å². The summed E-state index contributed by atoms with van der Waals surface area (Å²) in [6.07, 6.45) is 4.64. The largest absolute Gasteiger partial charge is 0.480 e. The Labute approximate surface area is 121 Å². The van der Waals surface area contributed by atoms with Crippen molar-refractivity contribution in [3.05, 3.63) is 0 Å². The summed E-state index contributed by atoms with van der Waals surface area (Å²) in [7, 11) is 0. The molecule has 5 heteroatoms. The van der Waals surface area contributed by atoms with E-state index >= 15 is 0 Å². The third-order valence-corrected chi connectivity index (χ3v) is 3.85. The molecule has 1 saturated carbocycles. The van der Waals surface area contributed by atoms with Crippen molar-refractivity contribution in [1.29, 1.82) is 0 Å². The first-order valence-electron chi connectivity index (χ1n) is 7.49. The molecular weight excluding hydrogens is 256 g/mol. The van der Waals surface area contributed by atoms with Gasteiger partial charge in [-0.05, 0) is 37.0 Å². The van der Waals surface area contributed by atoms with Gasteiger partial charge < -0.3 is 15.7 Å². The van der Waals surface area contributed by atoms with Crippen LogP contribution in [0.25, 0.3) is 0 Å². The minimum Gasteiger partial charge on any atom is -0.480 e. The van der Waals surface area contributed by atoms with Crippen molar-refractivity contribution < 1.29 is 14.7 Å². The first-order valence-corrected chi connectivity index (χ1v) is 7.49. The van der Waals surface area contributed by atoms with E-state index in [4.69, 9.17) is 5.11 Å². The summed E-state index contributed by atoms with van der Waals surface area (Å²) in [5.74, 6) is -0.747. The summed E-state index contributed by atoms with van der Waals surface area (Å²) in [4.78, 5) is 23.1. The van der Waals surface area contributed by atoms with E-state index in [1.54, 1.807) is 0 Å². The molecule has 1 rings (SSSR count). The molecule has 0 aliphatic heterocycles. The Morgan fingerprint density at radius 3 is 2.50 bits per heavy atom. The molecule has 1 aliphatic carbocycles. The maximum atomic E-state index is 11.9. The molecule has 0 heterocycles. The molecule has 1 unspecified atom stereocenters. The van der Waals surface area contributed by atoms with E-state index in [9.17, 15) is 9.59 Å². The first kappa shape index (κ1) is 16.8. The number of rotatable bonds is 5. The van der Waals surface area contributed by atoms with E-state index in [-0.39, 0.29) is 23.4 Å². The quantitative estimate of drug-likeness (QED) is 0.726. The molecule has 2 amide bonds. The molecule has 2 atom stereocenters. The van der Waals surface area contributed by atoms with Gasteiger partial charge >= 0.3 is 12.0 Å². The molecule has 0 bridgehead atoms. The number of hydrogen-bond acceptors (Lipinski definition) is 2. The maximum absolute atomic E-state index is 11.9. The van der Waals surface area contributed by atoms with Crippen molar-refractivity contribution in [2.24, 2.45) is 11.3 Å². The zero-order valence-electron chi connectivity index (χ0n) is 13.0. The van der Waals surface area contributed by atoms with E-state index in [0.717, 1.165) is 19.3 Å². The van der Waals surface area contributed by atoms with Crippen LogP contribution in [0.1, 0.15) is 59.8 Å². The van der Waals surface area contributed by atoms with E-state index in [0.29, 0.717) is 6.42 Å². The predicted molar refractivity (Wildman–Crippen MR) is 78.6 cm³/mol. The van der Waals surface area contributed by atoms with Crippen molar-refractivity contribution in [2.75, 3.05) is 0 Å². The van der Waals surface area contributed by atoms with Gasteiger partial charge in [-0.1, -0.05) is 34.1 Å². The number of nitrogens with one attached hydrogen (secondary N) is 2. The predicted octanol–water partition coefficient (Wildman–Crippen LogP) is 2.75. The van der Waals surface area contributed by atoms with Gasteiger partial charge in [-0.25, -0.2) is 9.59 Å². The summed E-state index contributed by atoms with van der Waals surface area (Å²) in [5.41, 5.74) is 0.250. The highest BCUT2D eigenvalue weighted by molar-refractivity contribution is 5.82. The molecular formula is C15H28N2O3. The fraction of sp³-hybridized carbons (Fsp3) is 0.867. The highest BCUT2D eigenvalue weighted by Gasteiger charge is 2.29. The summed E-state index contributed by atoms with van der Waals surface area (Å²) in [5, 5.41) is 14.6. The monoisotopic (exact) mass is 284 g/mol. The minimum atomic E-state index is -0.974. The second-order valence-electron chi connectivity index (χ2n) is 7.10. The molecule has 0 aromatic heterocycles. The third-order valence-electron chi connectivity index (χ3n) is 3.85. The number of hydrogen-bond donors (Lipinski definition) is 3. The second-order valence-corrected chi connectivity index (χ2v) is 7.10. The molecule has 116 valence electrons. The molecule has 1 aliphatic rings. The normalized spacial score (nSPS) is 23.1. The van der Waals surface area contributed by atoms with Crippen molar-refractivity contribution in [3.8, 4) is 0 Å². The highest BCUT2D eigenvalue weighted by atomic mass is 16.4. The SMILES string of the molecule is CC(C)C[C@@H](NC(=O)NC1CCCC(C)(C)C1)C(=O)O. The van der Waals surface area contributed by atoms with Crippen LogP contribution >= 0.6 is 0 Å². The number of aliphatic carboxylic acids is 1. The van der Waals surface area contributed by atoms with Crippen molar-refractivity contribution in [2.45, 2.75) is 71.9 Å². The first-order chi connectivity index (χ1) is 9.19. The van der Waals surface area contributed by atoms with Crippen LogP contribution < -0.4 is 10.6 Å². The maximum Gasteiger partial charge on any atom is 0.326 e. The zero-order valence-corrected chi connectivity index (χ0v) is 13.0. The highest BCUT2D eigenvalue weighted by Crippen LogP contribution is 2.34. The summed E-state index contributed by atoms with van der Waals surface area (Å²) in [6.45, 7) is 8.30. The summed E-state index contributed by atoms with van der Waals surface area (Å²) >= 11 is 0. The van der Waals surface area contributed by atoms with Crippen LogP contribution in [-0.2, 0) is 4.79 Å². The number of carbonyl (C=O) groups is 2. The Bertz CT molecular complexity index is 353. The van der Waals surface area contributed by atoms with Crippen LogP contribution in [0.4, 0.5) is 4.79 Å². The van der Waals surface area contributed by atoms with Gasteiger partial charge in [-0.3, -0.25) is 0 Å². The van der Waals surface area contributed by atoms with E-state index in [1.165, 1.54) is 6.42 Å². The van der Waals surface area contributed by atoms with Gasteiger partial charge in [0.1, 0.15) is 6.04 Å². The van der Waals surface area contributed by atoms with E-state index in [1.807, 2.05) is 13.8 Å². The second kappa shape index (κ2) is 6.95. The Balaban J connectivity index is 2.47. The van der Waals surface area contributed by atoms with Crippen LogP contribution in [0.3, 0.4) is 0 Å². The lowest BCUT2D eigenvalue weighted by Gasteiger charge is -2.35. The third kappa shape index (κ3) is 5.80. The molecule has 0 saturated heterocycles. The van der Waals surface area contributed by atoms with Crippen LogP contribution in [0.15, 0.2) is 0 Å². The molecule has 20 heavy (non-hydrogen) atoms. The average Bonchev–Trinajstić information content (AvgIpc) is 2.25. The minimum absolute atomic E-state index is 0.146. The van der Waals surface area contributed by atoms with Gasteiger partial charge in [0.2, 0.25) is 0 Å². The van der Waals surface area contributed by atoms with E-state index < -0.39 is 12.0 Å². The number of carboxylic acids is 1. The van der Waals surface area contributed by atoms with E-state index in [2.05, 4.69) is 24.5 Å². The molecule has 0 spiro atoms. The molecule has 5 nitrogen and oxygen atoms in total. The molecule has 3 N–H and O–H groups in total. The number of carboxylic acid groups (broad SMARTS) is 1. The Hall–Kier alpha value is -1.26. The van der Waals surface area contributed by atoms with Crippen molar-refractivity contribution in [3.63, 3.8) is 0 Å². The Kier molecular flexibility index (Phi) is 5.84.